The molecule has 5 aromatic rings. The molecule has 0 atom stereocenters. The van der Waals surface area contributed by atoms with Gasteiger partial charge in [0.05, 0.1) is 15.8 Å². The average molecular weight is 425 g/mol. The van der Waals surface area contributed by atoms with Gasteiger partial charge in [-0.05, 0) is 48.9 Å². The molecule has 3 heteroatoms. The molecule has 1 aliphatic rings. The molecule has 0 aliphatic heterocycles. The van der Waals surface area contributed by atoms with Gasteiger partial charge in [0.1, 0.15) is 11.7 Å². The quantitative estimate of drug-likeness (QED) is 0.269. The fraction of sp³-hybridized carbons (Fsp3) is 0.286. The summed E-state index contributed by atoms with van der Waals surface area (Å²) in [5.41, 5.74) is 6.04. The van der Waals surface area contributed by atoms with Gasteiger partial charge < -0.3 is 0 Å². The summed E-state index contributed by atoms with van der Waals surface area (Å²) in [4.78, 5) is 4.93. The first kappa shape index (κ1) is 17.9. The first-order chi connectivity index (χ1) is 15.5. The minimum absolute atomic E-state index is 0.437. The van der Waals surface area contributed by atoms with E-state index in [4.69, 9.17) is 6.35 Å². The Kier molecular flexibility index (Phi) is 4.27. The third kappa shape index (κ3) is 3.06. The van der Waals surface area contributed by atoms with Crippen molar-refractivity contribution in [2.24, 2.45) is 7.05 Å². The minimum atomic E-state index is -0.437. The maximum Gasteiger partial charge on any atom is 0.230 e. The highest BCUT2D eigenvalue weighted by atomic mass is 32.1. The van der Waals surface area contributed by atoms with Crippen molar-refractivity contribution < 1.29 is 5.94 Å². The Morgan fingerprint density at radius 3 is 2.68 bits per heavy atom. The highest BCUT2D eigenvalue weighted by Gasteiger charge is 2.22. The fourth-order valence-electron chi connectivity index (χ4n) is 5.15. The van der Waals surface area contributed by atoms with Crippen LogP contribution < -0.4 is 4.57 Å². The van der Waals surface area contributed by atoms with Crippen LogP contribution in [-0.4, -0.2) is 4.98 Å². The number of aromatic nitrogens is 2. The SMILES string of the molecule is [2H]C1(c2ccc3c(cnc4c5cc[n+](C)c(-c6ccccc6C)c5sc34)c2)CCCCC1. The van der Waals surface area contributed by atoms with Crippen molar-refractivity contribution >= 4 is 42.4 Å². The second-order valence-electron chi connectivity index (χ2n) is 8.84. The Balaban J connectivity index is 1.60. The zero-order chi connectivity index (χ0) is 21.9. The first-order valence-corrected chi connectivity index (χ1v) is 12.1. The highest BCUT2D eigenvalue weighted by molar-refractivity contribution is 7.27. The number of pyridine rings is 2. The van der Waals surface area contributed by atoms with Crippen LogP contribution in [0, 0.1) is 6.92 Å². The molecule has 1 aliphatic carbocycles. The molecule has 0 spiro atoms. The maximum absolute atomic E-state index is 9.03. The summed E-state index contributed by atoms with van der Waals surface area (Å²) in [7, 11) is 2.13. The van der Waals surface area contributed by atoms with E-state index in [1.54, 1.807) is 0 Å². The van der Waals surface area contributed by atoms with Gasteiger partial charge in [0.15, 0.2) is 6.20 Å². The van der Waals surface area contributed by atoms with Crippen molar-refractivity contribution in [3.8, 4) is 11.3 Å². The van der Waals surface area contributed by atoms with Gasteiger partial charge in [-0.15, -0.1) is 11.3 Å². The largest absolute Gasteiger partial charge is 0.254 e. The van der Waals surface area contributed by atoms with Crippen LogP contribution in [0.1, 0.15) is 50.5 Å². The van der Waals surface area contributed by atoms with Crippen molar-refractivity contribution in [3.05, 3.63) is 72.1 Å². The zero-order valence-electron chi connectivity index (χ0n) is 19.1. The van der Waals surface area contributed by atoms with Crippen molar-refractivity contribution in [3.63, 3.8) is 0 Å². The minimum Gasteiger partial charge on any atom is -0.254 e. The number of hydrogen-bond donors (Lipinski definition) is 0. The number of benzene rings is 2. The van der Waals surface area contributed by atoms with E-state index in [0.717, 1.165) is 42.1 Å². The third-order valence-electron chi connectivity index (χ3n) is 6.85. The predicted molar refractivity (Wildman–Crippen MR) is 132 cm³/mol. The smallest absolute Gasteiger partial charge is 0.230 e. The molecule has 0 unspecified atom stereocenters. The molecule has 3 heterocycles. The lowest BCUT2D eigenvalue weighted by molar-refractivity contribution is -0.659. The summed E-state index contributed by atoms with van der Waals surface area (Å²) < 4.78 is 13.8. The van der Waals surface area contributed by atoms with E-state index < -0.39 is 5.89 Å². The Morgan fingerprint density at radius 2 is 1.84 bits per heavy atom. The Bertz CT molecular complexity index is 1490. The zero-order valence-corrected chi connectivity index (χ0v) is 18.9. The summed E-state index contributed by atoms with van der Waals surface area (Å²) in [5, 5.41) is 3.62. The van der Waals surface area contributed by atoms with Gasteiger partial charge in [-0.3, -0.25) is 4.98 Å². The van der Waals surface area contributed by atoms with Gasteiger partial charge in [-0.1, -0.05) is 49.6 Å². The van der Waals surface area contributed by atoms with E-state index in [1.807, 2.05) is 17.5 Å². The predicted octanol–water partition coefficient (Wildman–Crippen LogP) is 7.45. The van der Waals surface area contributed by atoms with Gasteiger partial charge in [0, 0.05) is 29.8 Å². The Hall–Kier alpha value is -2.78. The molecule has 0 N–H and O–H groups in total. The summed E-state index contributed by atoms with van der Waals surface area (Å²) in [6, 6.07) is 17.5. The van der Waals surface area contributed by atoms with E-state index in [1.165, 1.54) is 43.4 Å². The summed E-state index contributed by atoms with van der Waals surface area (Å²) >= 11 is 1.85. The molecular weight excluding hydrogens is 396 g/mol. The Labute approximate surface area is 188 Å². The summed E-state index contributed by atoms with van der Waals surface area (Å²) in [6.45, 7) is 2.18. The van der Waals surface area contributed by atoms with E-state index in [0.29, 0.717) is 0 Å². The molecule has 0 bridgehead atoms. The van der Waals surface area contributed by atoms with Crippen LogP contribution in [0.25, 0.3) is 42.3 Å². The molecule has 1 saturated carbocycles. The number of hydrogen-bond acceptors (Lipinski definition) is 2. The van der Waals surface area contributed by atoms with Gasteiger partial charge in [0.25, 0.3) is 0 Å². The van der Waals surface area contributed by atoms with Gasteiger partial charge >= 0.3 is 0 Å². The monoisotopic (exact) mass is 424 g/mol. The lowest BCUT2D eigenvalue weighted by atomic mass is 9.83. The molecule has 6 rings (SSSR count). The fourth-order valence-corrected chi connectivity index (χ4v) is 6.53. The van der Waals surface area contributed by atoms with Crippen LogP contribution in [0.4, 0.5) is 0 Å². The summed E-state index contributed by atoms with van der Waals surface area (Å²) in [5.74, 6) is -0.437. The number of thiophene rings is 1. The average Bonchev–Trinajstić information content (AvgIpc) is 3.19. The molecule has 0 amide bonds. The molecule has 0 saturated heterocycles. The van der Waals surface area contributed by atoms with Crippen LogP contribution >= 0.6 is 11.3 Å². The molecular formula is C28H27N2S+. The van der Waals surface area contributed by atoms with Crippen molar-refractivity contribution in [2.45, 2.75) is 44.9 Å². The molecule has 0 radical (unpaired) electrons. The third-order valence-corrected chi connectivity index (χ3v) is 8.08. The number of rotatable bonds is 2. The lowest BCUT2D eigenvalue weighted by Crippen LogP contribution is -2.30. The molecule has 2 aromatic carbocycles. The van der Waals surface area contributed by atoms with Crippen LogP contribution in [0.3, 0.4) is 0 Å². The van der Waals surface area contributed by atoms with E-state index in [2.05, 4.69) is 73.3 Å². The van der Waals surface area contributed by atoms with Crippen molar-refractivity contribution in [2.75, 3.05) is 0 Å². The van der Waals surface area contributed by atoms with Crippen molar-refractivity contribution in [1.29, 1.82) is 0 Å². The molecule has 31 heavy (non-hydrogen) atoms. The molecule has 2 nitrogen and oxygen atoms in total. The van der Waals surface area contributed by atoms with E-state index >= 15 is 0 Å². The second kappa shape index (κ2) is 7.42. The summed E-state index contributed by atoms with van der Waals surface area (Å²) in [6.07, 6.45) is 9.68. The van der Waals surface area contributed by atoms with Crippen LogP contribution in [0.2, 0.25) is 0 Å². The van der Waals surface area contributed by atoms with E-state index in [-0.39, 0.29) is 0 Å². The van der Waals surface area contributed by atoms with E-state index in [9.17, 15) is 0 Å². The molecule has 1 fully saturated rings. The van der Waals surface area contributed by atoms with Crippen LogP contribution in [0.5, 0.6) is 0 Å². The maximum atomic E-state index is 9.03. The highest BCUT2D eigenvalue weighted by Crippen LogP contribution is 2.42. The molecule has 3 aromatic heterocycles. The first-order valence-electron chi connectivity index (χ1n) is 11.8. The van der Waals surface area contributed by atoms with Crippen LogP contribution in [-0.2, 0) is 7.05 Å². The standard InChI is InChI=1S/C28H27N2S/c1-18-8-6-7-11-22(18)26-28-24(14-15-30(26)2)25-27(31-28)23-13-12-20(16-21(23)17-29-25)19-9-4-3-5-10-19/h6-8,11-17,19H,3-5,9-10H2,1-2H3/q+1/i19D. The second-order valence-corrected chi connectivity index (χ2v) is 9.86. The number of nitrogens with zero attached hydrogens (tertiary/aromatic N) is 2. The van der Waals surface area contributed by atoms with Crippen LogP contribution in [0.15, 0.2) is 60.9 Å². The van der Waals surface area contributed by atoms with Crippen molar-refractivity contribution in [1.82, 2.24) is 4.98 Å². The topological polar surface area (TPSA) is 16.8 Å². The number of fused-ring (bicyclic) bond motifs is 5. The van der Waals surface area contributed by atoms with Gasteiger partial charge in [-0.2, -0.15) is 4.57 Å². The number of aryl methyl sites for hydroxylation is 2. The van der Waals surface area contributed by atoms with Gasteiger partial charge in [-0.25, -0.2) is 0 Å². The lowest BCUT2D eigenvalue weighted by Gasteiger charge is -2.22. The van der Waals surface area contributed by atoms with Gasteiger partial charge in [0.2, 0.25) is 5.69 Å². The molecule has 154 valence electrons. The normalized spacial score (nSPS) is 16.8. The Morgan fingerprint density at radius 1 is 1.00 bits per heavy atom.